The van der Waals surface area contributed by atoms with Crippen LogP contribution in [0.1, 0.15) is 33.1 Å². The molecular weight excluding hydrogens is 194 g/mol. The third-order valence-electron chi connectivity index (χ3n) is 2.43. The Morgan fingerprint density at radius 3 is 2.71 bits per heavy atom. The van der Waals surface area contributed by atoms with E-state index >= 15 is 0 Å². The van der Waals surface area contributed by atoms with Crippen molar-refractivity contribution in [2.45, 2.75) is 45.3 Å². The molecule has 3 heteroatoms. The van der Waals surface area contributed by atoms with E-state index in [1.807, 2.05) is 0 Å². The average molecular weight is 217 g/mol. The SMILES string of the molecule is CC(C)OCCCNC1CCSCC1. The molecule has 0 bridgehead atoms. The predicted molar refractivity (Wildman–Crippen MR) is 64.1 cm³/mol. The maximum absolute atomic E-state index is 5.49. The van der Waals surface area contributed by atoms with E-state index in [2.05, 4.69) is 30.9 Å². The lowest BCUT2D eigenvalue weighted by Gasteiger charge is -2.22. The highest BCUT2D eigenvalue weighted by Gasteiger charge is 2.11. The quantitative estimate of drug-likeness (QED) is 0.690. The van der Waals surface area contributed by atoms with Gasteiger partial charge in [-0.05, 0) is 51.2 Å². The number of nitrogens with one attached hydrogen (secondary N) is 1. The molecule has 1 fully saturated rings. The van der Waals surface area contributed by atoms with Crippen LogP contribution in [0.25, 0.3) is 0 Å². The molecule has 1 aliphatic heterocycles. The Balaban J connectivity index is 1.87. The maximum atomic E-state index is 5.49. The van der Waals surface area contributed by atoms with Gasteiger partial charge < -0.3 is 10.1 Å². The van der Waals surface area contributed by atoms with Gasteiger partial charge in [0.1, 0.15) is 0 Å². The van der Waals surface area contributed by atoms with Gasteiger partial charge in [-0.2, -0.15) is 11.8 Å². The van der Waals surface area contributed by atoms with Crippen molar-refractivity contribution in [1.29, 1.82) is 0 Å². The summed E-state index contributed by atoms with van der Waals surface area (Å²) in [6.45, 7) is 6.19. The summed E-state index contributed by atoms with van der Waals surface area (Å²) in [5, 5.41) is 3.60. The van der Waals surface area contributed by atoms with Gasteiger partial charge in [-0.1, -0.05) is 0 Å². The minimum atomic E-state index is 0.376. The van der Waals surface area contributed by atoms with Crippen molar-refractivity contribution in [2.75, 3.05) is 24.7 Å². The lowest BCUT2D eigenvalue weighted by molar-refractivity contribution is 0.0766. The van der Waals surface area contributed by atoms with Gasteiger partial charge >= 0.3 is 0 Å². The fourth-order valence-corrected chi connectivity index (χ4v) is 2.71. The molecule has 0 unspecified atom stereocenters. The van der Waals surface area contributed by atoms with Gasteiger partial charge in [0.05, 0.1) is 6.10 Å². The standard InChI is InChI=1S/C11H23NOS/c1-10(2)13-7-3-6-12-11-4-8-14-9-5-11/h10-12H,3-9H2,1-2H3. The van der Waals surface area contributed by atoms with Crippen LogP contribution in [0.15, 0.2) is 0 Å². The molecule has 0 aliphatic carbocycles. The van der Waals surface area contributed by atoms with Gasteiger partial charge in [-0.15, -0.1) is 0 Å². The highest BCUT2D eigenvalue weighted by Crippen LogP contribution is 2.16. The molecule has 0 spiro atoms. The Labute approximate surface area is 92.2 Å². The Hall–Kier alpha value is 0.270. The third kappa shape index (κ3) is 5.89. The zero-order chi connectivity index (χ0) is 10.2. The molecule has 0 radical (unpaired) electrons. The first-order chi connectivity index (χ1) is 6.79. The topological polar surface area (TPSA) is 21.3 Å². The van der Waals surface area contributed by atoms with E-state index in [4.69, 9.17) is 4.74 Å². The second kappa shape index (κ2) is 7.55. The molecule has 2 nitrogen and oxygen atoms in total. The van der Waals surface area contributed by atoms with Crippen molar-refractivity contribution in [3.63, 3.8) is 0 Å². The van der Waals surface area contributed by atoms with Gasteiger partial charge in [-0.25, -0.2) is 0 Å². The number of ether oxygens (including phenoxy) is 1. The fourth-order valence-electron chi connectivity index (χ4n) is 1.60. The van der Waals surface area contributed by atoms with Crippen molar-refractivity contribution < 1.29 is 4.74 Å². The van der Waals surface area contributed by atoms with Crippen LogP contribution < -0.4 is 5.32 Å². The first-order valence-electron chi connectivity index (χ1n) is 5.72. The van der Waals surface area contributed by atoms with Crippen LogP contribution in [0, 0.1) is 0 Å². The summed E-state index contributed by atoms with van der Waals surface area (Å²) in [6, 6.07) is 0.773. The van der Waals surface area contributed by atoms with Crippen LogP contribution in [-0.4, -0.2) is 36.8 Å². The predicted octanol–water partition coefficient (Wildman–Crippen LogP) is 2.29. The zero-order valence-electron chi connectivity index (χ0n) is 9.42. The summed E-state index contributed by atoms with van der Waals surface area (Å²) in [5.41, 5.74) is 0. The Kier molecular flexibility index (Phi) is 6.65. The van der Waals surface area contributed by atoms with Crippen molar-refractivity contribution >= 4 is 11.8 Å². The molecule has 1 N–H and O–H groups in total. The zero-order valence-corrected chi connectivity index (χ0v) is 10.2. The maximum Gasteiger partial charge on any atom is 0.0518 e. The van der Waals surface area contributed by atoms with Gasteiger partial charge in [0.15, 0.2) is 0 Å². The van der Waals surface area contributed by atoms with Gasteiger partial charge in [0.25, 0.3) is 0 Å². The van der Waals surface area contributed by atoms with Crippen LogP contribution in [0.5, 0.6) is 0 Å². The lowest BCUT2D eigenvalue weighted by Crippen LogP contribution is -2.33. The first-order valence-corrected chi connectivity index (χ1v) is 6.87. The lowest BCUT2D eigenvalue weighted by atomic mass is 10.1. The summed E-state index contributed by atoms with van der Waals surface area (Å²) >= 11 is 2.08. The molecule has 0 aromatic heterocycles. The number of hydrogen-bond acceptors (Lipinski definition) is 3. The third-order valence-corrected chi connectivity index (χ3v) is 3.48. The summed E-state index contributed by atoms with van der Waals surface area (Å²) in [7, 11) is 0. The summed E-state index contributed by atoms with van der Waals surface area (Å²) in [5.74, 6) is 2.67. The van der Waals surface area contributed by atoms with Crippen LogP contribution in [0.4, 0.5) is 0 Å². The molecule has 1 heterocycles. The molecule has 1 saturated heterocycles. The monoisotopic (exact) mass is 217 g/mol. The van der Waals surface area contributed by atoms with E-state index in [9.17, 15) is 0 Å². The summed E-state index contributed by atoms with van der Waals surface area (Å²) < 4.78 is 5.49. The van der Waals surface area contributed by atoms with Gasteiger partial charge in [-0.3, -0.25) is 0 Å². The van der Waals surface area contributed by atoms with E-state index < -0.39 is 0 Å². The van der Waals surface area contributed by atoms with E-state index in [0.29, 0.717) is 6.10 Å². The smallest absolute Gasteiger partial charge is 0.0518 e. The van der Waals surface area contributed by atoms with E-state index in [0.717, 1.165) is 25.6 Å². The number of thioether (sulfide) groups is 1. The fraction of sp³-hybridized carbons (Fsp3) is 1.00. The molecule has 0 saturated carbocycles. The Morgan fingerprint density at radius 2 is 2.07 bits per heavy atom. The number of hydrogen-bond donors (Lipinski definition) is 1. The largest absolute Gasteiger partial charge is 0.379 e. The van der Waals surface area contributed by atoms with Crippen LogP contribution >= 0.6 is 11.8 Å². The van der Waals surface area contributed by atoms with E-state index in [1.54, 1.807) is 0 Å². The van der Waals surface area contributed by atoms with Crippen LogP contribution in [0.3, 0.4) is 0 Å². The van der Waals surface area contributed by atoms with E-state index in [-0.39, 0.29) is 0 Å². The normalized spacial score (nSPS) is 19.1. The second-order valence-corrected chi connectivity index (χ2v) is 5.34. The van der Waals surface area contributed by atoms with Crippen molar-refractivity contribution in [1.82, 2.24) is 5.32 Å². The van der Waals surface area contributed by atoms with Crippen LogP contribution in [-0.2, 0) is 4.74 Å². The van der Waals surface area contributed by atoms with Crippen molar-refractivity contribution in [3.05, 3.63) is 0 Å². The van der Waals surface area contributed by atoms with Crippen LogP contribution in [0.2, 0.25) is 0 Å². The molecule has 84 valence electrons. The molecule has 14 heavy (non-hydrogen) atoms. The Morgan fingerprint density at radius 1 is 1.36 bits per heavy atom. The molecule has 0 amide bonds. The minimum Gasteiger partial charge on any atom is -0.379 e. The highest BCUT2D eigenvalue weighted by atomic mass is 32.2. The van der Waals surface area contributed by atoms with Gasteiger partial charge in [0.2, 0.25) is 0 Å². The van der Waals surface area contributed by atoms with Gasteiger partial charge in [0, 0.05) is 12.6 Å². The highest BCUT2D eigenvalue weighted by molar-refractivity contribution is 7.99. The summed E-state index contributed by atoms with van der Waals surface area (Å²) in [6.07, 6.45) is 4.20. The Bertz CT molecular complexity index is 135. The van der Waals surface area contributed by atoms with Crippen molar-refractivity contribution in [2.24, 2.45) is 0 Å². The summed E-state index contributed by atoms with van der Waals surface area (Å²) in [4.78, 5) is 0. The minimum absolute atomic E-state index is 0.376. The average Bonchev–Trinajstić information content (AvgIpc) is 2.18. The second-order valence-electron chi connectivity index (χ2n) is 4.11. The molecule has 1 aliphatic rings. The molecule has 0 aromatic rings. The number of rotatable bonds is 6. The molecule has 0 atom stereocenters. The molecular formula is C11H23NOS. The molecule has 0 aromatic carbocycles. The molecule has 1 rings (SSSR count). The van der Waals surface area contributed by atoms with E-state index in [1.165, 1.54) is 24.3 Å². The first kappa shape index (κ1) is 12.3. The van der Waals surface area contributed by atoms with Crippen molar-refractivity contribution in [3.8, 4) is 0 Å².